The molecule has 1 fully saturated rings. The van der Waals surface area contributed by atoms with Gasteiger partial charge in [0, 0.05) is 0 Å². The minimum Gasteiger partial charge on any atom is -0.302 e. The Bertz CT molecular complexity index is 344. The maximum absolute atomic E-state index is 11.4. The van der Waals surface area contributed by atoms with Gasteiger partial charge in [-0.15, -0.1) is 0 Å². The summed E-state index contributed by atoms with van der Waals surface area (Å²) < 4.78 is 0. The van der Waals surface area contributed by atoms with Crippen LogP contribution in [-0.4, -0.2) is 6.29 Å². The molecule has 0 atom stereocenters. The Morgan fingerprint density at radius 1 is 1.12 bits per heavy atom. The summed E-state index contributed by atoms with van der Waals surface area (Å²) in [5.74, 6) is 0. The van der Waals surface area contributed by atoms with Crippen molar-refractivity contribution in [3.63, 3.8) is 0 Å². The highest BCUT2D eigenvalue weighted by Crippen LogP contribution is 2.37. The molecule has 1 nitrogen and oxygen atoms in total. The van der Waals surface area contributed by atoms with Crippen LogP contribution in [0.4, 0.5) is 0 Å². The van der Waals surface area contributed by atoms with Crippen molar-refractivity contribution in [3.05, 3.63) is 35.4 Å². The Kier molecular flexibility index (Phi) is 3.42. The minimum atomic E-state index is -0.176. The molecule has 1 heteroatoms. The van der Waals surface area contributed by atoms with Gasteiger partial charge < -0.3 is 4.79 Å². The van der Waals surface area contributed by atoms with Gasteiger partial charge in [0.25, 0.3) is 0 Å². The highest BCUT2D eigenvalue weighted by Gasteiger charge is 2.33. The van der Waals surface area contributed by atoms with Gasteiger partial charge in [-0.1, -0.05) is 50.5 Å². The summed E-state index contributed by atoms with van der Waals surface area (Å²) in [6.45, 7) is 2.16. The Hall–Kier alpha value is -1.11. The lowest BCUT2D eigenvalue weighted by molar-refractivity contribution is -0.113. The average Bonchev–Trinajstić information content (AvgIpc) is 2.39. The predicted molar refractivity (Wildman–Crippen MR) is 66.6 cm³/mol. The second-order valence-corrected chi connectivity index (χ2v) is 4.89. The zero-order valence-corrected chi connectivity index (χ0v) is 10.0. The lowest BCUT2D eigenvalue weighted by atomic mass is 9.70. The quantitative estimate of drug-likeness (QED) is 0.705. The van der Waals surface area contributed by atoms with Crippen molar-refractivity contribution in [1.29, 1.82) is 0 Å². The third kappa shape index (κ3) is 2.04. The van der Waals surface area contributed by atoms with E-state index < -0.39 is 0 Å². The van der Waals surface area contributed by atoms with Crippen molar-refractivity contribution >= 4 is 6.29 Å². The van der Waals surface area contributed by atoms with Gasteiger partial charge in [0.15, 0.2) is 0 Å². The molecule has 0 heterocycles. The first-order chi connectivity index (χ1) is 7.80. The molecule has 1 aliphatic rings. The van der Waals surface area contributed by atoms with Gasteiger partial charge >= 0.3 is 0 Å². The van der Waals surface area contributed by atoms with Gasteiger partial charge in [-0.3, -0.25) is 0 Å². The van der Waals surface area contributed by atoms with Crippen LogP contribution < -0.4 is 0 Å². The van der Waals surface area contributed by atoms with Crippen molar-refractivity contribution in [3.8, 4) is 0 Å². The van der Waals surface area contributed by atoms with E-state index in [2.05, 4.69) is 31.2 Å². The Balaban J connectivity index is 2.28. The topological polar surface area (TPSA) is 17.1 Å². The van der Waals surface area contributed by atoms with Gasteiger partial charge in [-0.25, -0.2) is 0 Å². The van der Waals surface area contributed by atoms with E-state index in [4.69, 9.17) is 0 Å². The summed E-state index contributed by atoms with van der Waals surface area (Å²) in [5.41, 5.74) is 2.39. The smallest absolute Gasteiger partial charge is 0.130 e. The lowest BCUT2D eigenvalue weighted by Crippen LogP contribution is -2.30. The van der Waals surface area contributed by atoms with Crippen molar-refractivity contribution in [2.45, 2.75) is 50.9 Å². The fourth-order valence-corrected chi connectivity index (χ4v) is 2.73. The number of rotatable bonds is 3. The van der Waals surface area contributed by atoms with Crippen LogP contribution in [0.1, 0.15) is 50.2 Å². The van der Waals surface area contributed by atoms with E-state index >= 15 is 0 Å². The summed E-state index contributed by atoms with van der Waals surface area (Å²) >= 11 is 0. The number of carbonyl (C=O) groups is 1. The zero-order chi connectivity index (χ0) is 11.4. The van der Waals surface area contributed by atoms with Crippen LogP contribution in [0.3, 0.4) is 0 Å². The highest BCUT2D eigenvalue weighted by molar-refractivity contribution is 5.68. The monoisotopic (exact) mass is 216 g/mol. The number of aryl methyl sites for hydroxylation is 1. The number of aldehydes is 1. The van der Waals surface area contributed by atoms with Gasteiger partial charge in [-0.2, -0.15) is 0 Å². The first-order valence-electron chi connectivity index (χ1n) is 6.36. The van der Waals surface area contributed by atoms with E-state index in [1.54, 1.807) is 0 Å². The van der Waals surface area contributed by atoms with Crippen LogP contribution in [0.15, 0.2) is 24.3 Å². The second-order valence-electron chi connectivity index (χ2n) is 4.89. The van der Waals surface area contributed by atoms with Crippen LogP contribution >= 0.6 is 0 Å². The molecule has 0 aromatic heterocycles. The van der Waals surface area contributed by atoms with E-state index in [1.807, 2.05) is 0 Å². The molecule has 0 radical (unpaired) electrons. The van der Waals surface area contributed by atoms with E-state index in [0.717, 1.165) is 19.3 Å². The third-order valence-electron chi connectivity index (χ3n) is 3.91. The zero-order valence-electron chi connectivity index (χ0n) is 10.0. The average molecular weight is 216 g/mol. The van der Waals surface area contributed by atoms with E-state index in [-0.39, 0.29) is 5.41 Å². The Morgan fingerprint density at radius 3 is 2.25 bits per heavy atom. The van der Waals surface area contributed by atoms with Gasteiger partial charge in [0.2, 0.25) is 0 Å². The largest absolute Gasteiger partial charge is 0.302 e. The molecule has 1 saturated carbocycles. The number of benzene rings is 1. The van der Waals surface area contributed by atoms with Crippen LogP contribution in [0, 0.1) is 0 Å². The van der Waals surface area contributed by atoms with E-state index in [1.165, 1.54) is 36.7 Å². The Morgan fingerprint density at radius 2 is 1.75 bits per heavy atom. The summed E-state index contributed by atoms with van der Waals surface area (Å²) in [6.07, 6.45) is 7.97. The first kappa shape index (κ1) is 11.4. The molecule has 0 N–H and O–H groups in total. The van der Waals surface area contributed by atoms with Crippen LogP contribution in [0.5, 0.6) is 0 Å². The fourth-order valence-electron chi connectivity index (χ4n) is 2.73. The number of hydrogen-bond acceptors (Lipinski definition) is 1. The molecular weight excluding hydrogens is 196 g/mol. The van der Waals surface area contributed by atoms with Gasteiger partial charge in [0.05, 0.1) is 5.41 Å². The highest BCUT2D eigenvalue weighted by atomic mass is 16.1. The molecule has 86 valence electrons. The third-order valence-corrected chi connectivity index (χ3v) is 3.91. The van der Waals surface area contributed by atoms with E-state index in [0.29, 0.717) is 0 Å². The second kappa shape index (κ2) is 4.82. The van der Waals surface area contributed by atoms with Gasteiger partial charge in [-0.05, 0) is 30.4 Å². The molecule has 0 aliphatic heterocycles. The molecule has 0 unspecified atom stereocenters. The molecule has 1 aromatic carbocycles. The van der Waals surface area contributed by atoms with Crippen molar-refractivity contribution in [2.75, 3.05) is 0 Å². The normalized spacial score (nSPS) is 19.3. The molecule has 0 amide bonds. The van der Waals surface area contributed by atoms with Crippen LogP contribution in [0.25, 0.3) is 0 Å². The maximum atomic E-state index is 11.4. The number of hydrogen-bond donors (Lipinski definition) is 0. The lowest BCUT2D eigenvalue weighted by Gasteiger charge is -2.32. The fraction of sp³-hybridized carbons (Fsp3) is 0.533. The molecule has 1 aromatic rings. The molecule has 2 rings (SSSR count). The van der Waals surface area contributed by atoms with Crippen LogP contribution in [-0.2, 0) is 16.6 Å². The minimum absolute atomic E-state index is 0.176. The Labute approximate surface area is 97.9 Å². The van der Waals surface area contributed by atoms with E-state index in [9.17, 15) is 4.79 Å². The van der Waals surface area contributed by atoms with Gasteiger partial charge in [0.1, 0.15) is 6.29 Å². The van der Waals surface area contributed by atoms with Crippen molar-refractivity contribution < 1.29 is 4.79 Å². The molecule has 16 heavy (non-hydrogen) atoms. The van der Waals surface area contributed by atoms with Crippen molar-refractivity contribution in [1.82, 2.24) is 0 Å². The number of carbonyl (C=O) groups excluding carboxylic acids is 1. The molecular formula is C15H20O. The van der Waals surface area contributed by atoms with Crippen molar-refractivity contribution in [2.24, 2.45) is 0 Å². The maximum Gasteiger partial charge on any atom is 0.130 e. The molecule has 0 spiro atoms. The van der Waals surface area contributed by atoms with Crippen LogP contribution in [0.2, 0.25) is 0 Å². The summed E-state index contributed by atoms with van der Waals surface area (Å²) in [5, 5.41) is 0. The molecule has 0 saturated heterocycles. The SMILES string of the molecule is CCc1ccc(C2(C=O)CCCCC2)cc1. The first-order valence-corrected chi connectivity index (χ1v) is 6.36. The summed E-state index contributed by atoms with van der Waals surface area (Å²) in [7, 11) is 0. The summed E-state index contributed by atoms with van der Waals surface area (Å²) in [4.78, 5) is 11.4. The molecule has 0 bridgehead atoms. The summed E-state index contributed by atoms with van der Waals surface area (Å²) in [6, 6.07) is 8.63. The predicted octanol–water partition coefficient (Wildman–Crippen LogP) is 3.65. The standard InChI is InChI=1S/C15H20O/c1-2-13-6-8-14(9-7-13)15(12-16)10-4-3-5-11-15/h6-9,12H,2-5,10-11H2,1H3. The molecule has 1 aliphatic carbocycles.